The lowest BCUT2D eigenvalue weighted by Crippen LogP contribution is -2.51. The van der Waals surface area contributed by atoms with E-state index in [2.05, 4.69) is 16.8 Å². The lowest BCUT2D eigenvalue weighted by atomic mass is 10.5. The van der Waals surface area contributed by atoms with Gasteiger partial charge in [-0.1, -0.05) is 13.3 Å². The molecule has 1 aliphatic heterocycles. The van der Waals surface area contributed by atoms with E-state index >= 15 is 0 Å². The summed E-state index contributed by atoms with van der Waals surface area (Å²) < 4.78 is 17.9. The Labute approximate surface area is 111 Å². The van der Waals surface area contributed by atoms with Gasteiger partial charge in [0.25, 0.3) is 0 Å². The maximum Gasteiger partial charge on any atom is 0.502 e. The van der Waals surface area contributed by atoms with E-state index < -0.39 is 8.80 Å². The number of nitrogens with zero attached hydrogens (tertiary/aromatic N) is 2. The Bertz CT molecular complexity index is 247. The first-order valence-corrected chi connectivity index (χ1v) is 8.82. The summed E-state index contributed by atoms with van der Waals surface area (Å²) >= 11 is 0. The van der Waals surface area contributed by atoms with E-state index in [1.54, 1.807) is 0 Å². The molecule has 0 saturated carbocycles. The molecule has 0 N–H and O–H groups in total. The van der Waals surface area contributed by atoms with Gasteiger partial charge in [0.05, 0.1) is 12.9 Å². The highest BCUT2D eigenvalue weighted by Crippen LogP contribution is 2.21. The van der Waals surface area contributed by atoms with Gasteiger partial charge in [-0.25, -0.2) is 0 Å². The third-order valence-corrected chi connectivity index (χ3v) is 6.09. The molecule has 5 nitrogen and oxygen atoms in total. The molecule has 0 aromatic carbocycles. The van der Waals surface area contributed by atoms with Crippen LogP contribution in [0.15, 0.2) is 4.99 Å². The topological polar surface area (TPSA) is 43.3 Å². The van der Waals surface area contributed by atoms with Crippen LogP contribution in [0.1, 0.15) is 34.1 Å². The van der Waals surface area contributed by atoms with Gasteiger partial charge in [-0.3, -0.25) is 4.99 Å². The van der Waals surface area contributed by atoms with Crippen molar-refractivity contribution in [2.45, 2.75) is 46.4 Å². The first-order chi connectivity index (χ1) is 8.67. The van der Waals surface area contributed by atoms with Gasteiger partial charge >= 0.3 is 8.80 Å². The fraction of sp³-hybridized carbons (Fsp3) is 0.917. The fourth-order valence-electron chi connectivity index (χ4n) is 2.06. The summed E-state index contributed by atoms with van der Waals surface area (Å²) in [6.07, 6.45) is 2.83. The average Bonchev–Trinajstić information content (AvgIpc) is 2.83. The lowest BCUT2D eigenvalue weighted by molar-refractivity contribution is -0.00348. The first-order valence-electron chi connectivity index (χ1n) is 6.88. The molecule has 0 bridgehead atoms. The zero-order valence-corrected chi connectivity index (χ0v) is 13.0. The van der Waals surface area contributed by atoms with Gasteiger partial charge in [0, 0.05) is 25.8 Å². The molecule has 6 heteroatoms. The molecule has 1 unspecified atom stereocenters. The number of hydrogen-bond donors (Lipinski definition) is 0. The fourth-order valence-corrected chi connectivity index (χ4v) is 4.83. The van der Waals surface area contributed by atoms with Crippen LogP contribution >= 0.6 is 0 Å². The summed E-state index contributed by atoms with van der Waals surface area (Å²) in [6.45, 7) is 11.2. The maximum atomic E-state index is 6.17. The van der Waals surface area contributed by atoms with E-state index in [-0.39, 0.29) is 6.23 Å². The SMILES string of the molecule is CCC[Si](OCC)(OCC)OC(C)N1C=NCC1. The highest BCUT2D eigenvalue weighted by molar-refractivity contribution is 6.60. The smallest absolute Gasteiger partial charge is 0.374 e. The van der Waals surface area contributed by atoms with Crippen LogP contribution in [0.3, 0.4) is 0 Å². The van der Waals surface area contributed by atoms with Gasteiger partial charge in [0.15, 0.2) is 0 Å². The second-order valence-electron chi connectivity index (χ2n) is 4.28. The molecule has 0 saturated heterocycles. The van der Waals surface area contributed by atoms with Crippen LogP contribution in [0, 0.1) is 0 Å². The molecule has 0 aliphatic carbocycles. The van der Waals surface area contributed by atoms with Crippen molar-refractivity contribution in [3.05, 3.63) is 0 Å². The molecule has 0 fully saturated rings. The molecule has 1 heterocycles. The Kier molecular flexibility index (Phi) is 6.84. The van der Waals surface area contributed by atoms with E-state index in [0.29, 0.717) is 13.2 Å². The summed E-state index contributed by atoms with van der Waals surface area (Å²) in [5.41, 5.74) is 0. The summed E-state index contributed by atoms with van der Waals surface area (Å²) in [7, 11) is -2.53. The molecule has 106 valence electrons. The van der Waals surface area contributed by atoms with Crippen molar-refractivity contribution in [1.82, 2.24) is 4.90 Å². The molecule has 0 aromatic heterocycles. The number of rotatable bonds is 9. The molecule has 1 aliphatic rings. The normalized spacial score (nSPS) is 17.4. The first kappa shape index (κ1) is 15.6. The van der Waals surface area contributed by atoms with Crippen molar-refractivity contribution in [3.63, 3.8) is 0 Å². The Hall–Kier alpha value is -0.433. The van der Waals surface area contributed by atoms with Crippen molar-refractivity contribution in [1.29, 1.82) is 0 Å². The molecule has 0 spiro atoms. The van der Waals surface area contributed by atoms with E-state index in [0.717, 1.165) is 25.6 Å². The van der Waals surface area contributed by atoms with Crippen LogP contribution in [0.4, 0.5) is 0 Å². The summed E-state index contributed by atoms with van der Waals surface area (Å²) in [5, 5.41) is 0. The highest BCUT2D eigenvalue weighted by atomic mass is 28.4. The van der Waals surface area contributed by atoms with E-state index in [4.69, 9.17) is 13.3 Å². The molecular weight excluding hydrogens is 248 g/mol. The standard InChI is InChI=1S/C12H26N2O3Si/c1-5-10-18(15-6-2,16-7-3)17-12(4)14-9-8-13-11-14/h11-12H,5-10H2,1-4H3. The predicted molar refractivity (Wildman–Crippen MR) is 74.7 cm³/mol. The zero-order valence-electron chi connectivity index (χ0n) is 12.0. The van der Waals surface area contributed by atoms with Crippen LogP contribution in [-0.4, -0.2) is 52.6 Å². The van der Waals surface area contributed by atoms with Crippen molar-refractivity contribution >= 4 is 15.1 Å². The molecule has 0 amide bonds. The van der Waals surface area contributed by atoms with Gasteiger partial charge in [0.1, 0.15) is 6.23 Å². The Morgan fingerprint density at radius 2 is 1.94 bits per heavy atom. The second-order valence-corrected chi connectivity index (χ2v) is 6.95. The zero-order chi connectivity index (χ0) is 13.4. The van der Waals surface area contributed by atoms with E-state index in [1.165, 1.54) is 0 Å². The van der Waals surface area contributed by atoms with Gasteiger partial charge in [-0.05, 0) is 20.8 Å². The van der Waals surface area contributed by atoms with Crippen LogP contribution in [0.2, 0.25) is 6.04 Å². The third-order valence-electron chi connectivity index (χ3n) is 2.82. The molecule has 0 aromatic rings. The summed E-state index contributed by atoms with van der Waals surface area (Å²) in [5.74, 6) is 0. The largest absolute Gasteiger partial charge is 0.502 e. The monoisotopic (exact) mass is 274 g/mol. The molecular formula is C12H26N2O3Si. The third kappa shape index (κ3) is 4.35. The molecule has 1 atom stereocenters. The van der Waals surface area contributed by atoms with Crippen LogP contribution in [-0.2, 0) is 13.3 Å². The van der Waals surface area contributed by atoms with Crippen LogP contribution in [0.25, 0.3) is 0 Å². The average molecular weight is 274 g/mol. The van der Waals surface area contributed by atoms with Crippen molar-refractivity contribution < 1.29 is 13.3 Å². The van der Waals surface area contributed by atoms with Gasteiger partial charge in [-0.2, -0.15) is 0 Å². The Morgan fingerprint density at radius 1 is 1.28 bits per heavy atom. The van der Waals surface area contributed by atoms with Gasteiger partial charge in [-0.15, -0.1) is 0 Å². The van der Waals surface area contributed by atoms with Crippen LogP contribution < -0.4 is 0 Å². The minimum Gasteiger partial charge on any atom is -0.374 e. The Balaban J connectivity index is 2.64. The number of hydrogen-bond acceptors (Lipinski definition) is 5. The minimum absolute atomic E-state index is 0.0347. The predicted octanol–water partition coefficient (Wildman–Crippen LogP) is 2.11. The van der Waals surface area contributed by atoms with Crippen LogP contribution in [0.5, 0.6) is 0 Å². The highest BCUT2D eigenvalue weighted by Gasteiger charge is 2.42. The molecule has 0 radical (unpaired) electrons. The lowest BCUT2D eigenvalue weighted by Gasteiger charge is -2.34. The van der Waals surface area contributed by atoms with Gasteiger partial charge < -0.3 is 18.2 Å². The maximum absolute atomic E-state index is 6.17. The number of aliphatic imine (C=N–C) groups is 1. The second kappa shape index (κ2) is 7.88. The Morgan fingerprint density at radius 3 is 2.39 bits per heavy atom. The quantitative estimate of drug-likeness (QED) is 0.604. The van der Waals surface area contributed by atoms with Crippen molar-refractivity contribution in [2.24, 2.45) is 4.99 Å². The molecule has 1 rings (SSSR count). The molecule has 18 heavy (non-hydrogen) atoms. The summed E-state index contributed by atoms with van der Waals surface area (Å²) in [4.78, 5) is 6.30. The van der Waals surface area contributed by atoms with E-state index in [1.807, 2.05) is 27.1 Å². The van der Waals surface area contributed by atoms with Crippen molar-refractivity contribution in [2.75, 3.05) is 26.3 Å². The van der Waals surface area contributed by atoms with Crippen molar-refractivity contribution in [3.8, 4) is 0 Å². The minimum atomic E-state index is -2.53. The van der Waals surface area contributed by atoms with E-state index in [9.17, 15) is 0 Å². The van der Waals surface area contributed by atoms with Gasteiger partial charge in [0.2, 0.25) is 0 Å². The summed E-state index contributed by atoms with van der Waals surface area (Å²) in [6, 6.07) is 0.865.